The Hall–Kier alpha value is -3.43. The van der Waals surface area contributed by atoms with E-state index in [1.54, 1.807) is 18.2 Å². The molecular formula is C24H21N3O2S. The van der Waals surface area contributed by atoms with Crippen LogP contribution in [-0.2, 0) is 16.3 Å². The zero-order valence-corrected chi connectivity index (χ0v) is 17.6. The van der Waals surface area contributed by atoms with E-state index in [-0.39, 0.29) is 6.04 Å². The van der Waals surface area contributed by atoms with E-state index < -0.39 is 9.84 Å². The second kappa shape index (κ2) is 7.77. The first-order valence-electron chi connectivity index (χ1n) is 9.62. The number of sulfone groups is 1. The lowest BCUT2D eigenvalue weighted by Crippen LogP contribution is -2.11. The highest BCUT2D eigenvalue weighted by atomic mass is 32.2. The molecule has 0 aliphatic carbocycles. The van der Waals surface area contributed by atoms with Crippen molar-refractivity contribution in [3.8, 4) is 6.07 Å². The molecule has 0 spiro atoms. The van der Waals surface area contributed by atoms with Crippen molar-refractivity contribution in [3.05, 3.63) is 95.3 Å². The molecule has 0 saturated carbocycles. The highest BCUT2D eigenvalue weighted by Gasteiger charge is 2.18. The number of aromatic nitrogens is 2. The Morgan fingerprint density at radius 3 is 2.37 bits per heavy atom. The maximum atomic E-state index is 11.7. The average molecular weight is 416 g/mol. The molecule has 30 heavy (non-hydrogen) atoms. The van der Waals surface area contributed by atoms with Gasteiger partial charge in [-0.3, -0.25) is 0 Å². The molecule has 4 aromatic rings. The molecule has 6 heteroatoms. The van der Waals surface area contributed by atoms with Gasteiger partial charge in [0.15, 0.2) is 9.84 Å². The van der Waals surface area contributed by atoms with Gasteiger partial charge in [-0.2, -0.15) is 5.26 Å². The molecule has 0 saturated heterocycles. The molecule has 1 atom stereocenters. The van der Waals surface area contributed by atoms with Gasteiger partial charge in [-0.05, 0) is 48.4 Å². The van der Waals surface area contributed by atoms with Gasteiger partial charge in [0.2, 0.25) is 0 Å². The van der Waals surface area contributed by atoms with E-state index in [0.29, 0.717) is 16.9 Å². The van der Waals surface area contributed by atoms with E-state index in [4.69, 9.17) is 4.98 Å². The van der Waals surface area contributed by atoms with Crippen molar-refractivity contribution in [2.24, 2.45) is 0 Å². The summed E-state index contributed by atoms with van der Waals surface area (Å²) >= 11 is 0. The lowest BCUT2D eigenvalue weighted by molar-refractivity contribution is 0.602. The first-order chi connectivity index (χ1) is 14.4. The van der Waals surface area contributed by atoms with Crippen LogP contribution in [0.25, 0.3) is 11.0 Å². The van der Waals surface area contributed by atoms with Crippen LogP contribution in [0, 0.1) is 11.3 Å². The van der Waals surface area contributed by atoms with Crippen molar-refractivity contribution in [3.63, 3.8) is 0 Å². The molecule has 1 aromatic heterocycles. The molecular weight excluding hydrogens is 394 g/mol. The fourth-order valence-electron chi connectivity index (χ4n) is 3.69. The van der Waals surface area contributed by atoms with E-state index in [1.807, 2.05) is 42.5 Å². The SMILES string of the molecule is C[C@@H](c1ccccc1)n1c(Cc2ccc(S(C)(=O)=O)cc2)nc2ccc(C#N)cc21. The number of nitriles is 1. The molecule has 3 aromatic carbocycles. The molecule has 0 unspecified atom stereocenters. The summed E-state index contributed by atoms with van der Waals surface area (Å²) in [5, 5.41) is 9.35. The number of hydrogen-bond acceptors (Lipinski definition) is 4. The van der Waals surface area contributed by atoms with Crippen molar-refractivity contribution >= 4 is 20.9 Å². The molecule has 1 heterocycles. The van der Waals surface area contributed by atoms with Crippen molar-refractivity contribution in [1.82, 2.24) is 9.55 Å². The van der Waals surface area contributed by atoms with Crippen LogP contribution < -0.4 is 0 Å². The Morgan fingerprint density at radius 1 is 1.03 bits per heavy atom. The first kappa shape index (κ1) is 19.9. The van der Waals surface area contributed by atoms with Gasteiger partial charge < -0.3 is 4.57 Å². The highest BCUT2D eigenvalue weighted by molar-refractivity contribution is 7.90. The summed E-state index contributed by atoms with van der Waals surface area (Å²) in [6, 6.07) is 24.8. The Bertz CT molecular complexity index is 1350. The van der Waals surface area contributed by atoms with Crippen molar-refractivity contribution < 1.29 is 8.42 Å². The topological polar surface area (TPSA) is 75.8 Å². The van der Waals surface area contributed by atoms with Crippen LogP contribution in [-0.4, -0.2) is 24.2 Å². The van der Waals surface area contributed by atoms with E-state index >= 15 is 0 Å². The maximum absolute atomic E-state index is 11.7. The number of benzene rings is 3. The van der Waals surface area contributed by atoms with Crippen LogP contribution in [0.15, 0.2) is 77.7 Å². The number of nitrogens with zero attached hydrogens (tertiary/aromatic N) is 3. The molecule has 0 aliphatic rings. The normalized spacial score (nSPS) is 12.6. The third-order valence-electron chi connectivity index (χ3n) is 5.27. The summed E-state index contributed by atoms with van der Waals surface area (Å²) in [4.78, 5) is 5.14. The van der Waals surface area contributed by atoms with Crippen LogP contribution >= 0.6 is 0 Å². The number of hydrogen-bond donors (Lipinski definition) is 0. The third kappa shape index (κ3) is 3.85. The summed E-state index contributed by atoms with van der Waals surface area (Å²) < 4.78 is 25.6. The molecule has 0 bridgehead atoms. The van der Waals surface area contributed by atoms with Gasteiger partial charge in [-0.15, -0.1) is 0 Å². The van der Waals surface area contributed by atoms with Gasteiger partial charge in [0.05, 0.1) is 33.6 Å². The average Bonchev–Trinajstić information content (AvgIpc) is 3.10. The smallest absolute Gasteiger partial charge is 0.175 e. The standard InChI is InChI=1S/C24H21N3O2S/c1-17(20-6-4-3-5-7-20)27-23-14-19(16-25)10-13-22(23)26-24(27)15-18-8-11-21(12-9-18)30(2,28)29/h3-14,17H,15H2,1-2H3/t17-/m0/s1. The van der Waals surface area contributed by atoms with Gasteiger partial charge in [-0.1, -0.05) is 42.5 Å². The van der Waals surface area contributed by atoms with E-state index in [0.717, 1.165) is 28.0 Å². The molecule has 0 amide bonds. The fraction of sp³-hybridized carbons (Fsp3) is 0.167. The van der Waals surface area contributed by atoms with Crippen LogP contribution in [0.1, 0.15) is 35.5 Å². The van der Waals surface area contributed by atoms with E-state index in [2.05, 4.69) is 29.7 Å². The summed E-state index contributed by atoms with van der Waals surface area (Å²) in [5.41, 5.74) is 4.45. The maximum Gasteiger partial charge on any atom is 0.175 e. The summed E-state index contributed by atoms with van der Waals surface area (Å²) in [5.74, 6) is 0.864. The van der Waals surface area contributed by atoms with Crippen LogP contribution in [0.2, 0.25) is 0 Å². The lowest BCUT2D eigenvalue weighted by Gasteiger charge is -2.18. The molecule has 0 N–H and O–H groups in total. The second-order valence-electron chi connectivity index (χ2n) is 7.39. The van der Waals surface area contributed by atoms with Gasteiger partial charge in [0, 0.05) is 12.7 Å². The molecule has 4 rings (SSSR count). The van der Waals surface area contributed by atoms with Gasteiger partial charge >= 0.3 is 0 Å². The van der Waals surface area contributed by atoms with Gasteiger partial charge in [-0.25, -0.2) is 13.4 Å². The minimum absolute atomic E-state index is 0.0236. The number of imidazole rings is 1. The Balaban J connectivity index is 1.82. The van der Waals surface area contributed by atoms with Crippen LogP contribution in [0.5, 0.6) is 0 Å². The fourth-order valence-corrected chi connectivity index (χ4v) is 4.32. The quantitative estimate of drug-likeness (QED) is 0.480. The zero-order valence-electron chi connectivity index (χ0n) is 16.8. The Morgan fingerprint density at radius 2 is 1.73 bits per heavy atom. The predicted molar refractivity (Wildman–Crippen MR) is 117 cm³/mol. The minimum Gasteiger partial charge on any atom is -0.320 e. The second-order valence-corrected chi connectivity index (χ2v) is 9.41. The van der Waals surface area contributed by atoms with E-state index in [9.17, 15) is 13.7 Å². The zero-order chi connectivity index (χ0) is 21.3. The molecule has 0 radical (unpaired) electrons. The number of rotatable bonds is 5. The lowest BCUT2D eigenvalue weighted by atomic mass is 10.1. The summed E-state index contributed by atoms with van der Waals surface area (Å²) in [6.07, 6.45) is 1.76. The highest BCUT2D eigenvalue weighted by Crippen LogP contribution is 2.28. The first-order valence-corrected chi connectivity index (χ1v) is 11.5. The summed E-state index contributed by atoms with van der Waals surface area (Å²) in [6.45, 7) is 2.12. The van der Waals surface area contributed by atoms with Crippen molar-refractivity contribution in [2.45, 2.75) is 24.3 Å². The molecule has 150 valence electrons. The third-order valence-corrected chi connectivity index (χ3v) is 6.40. The van der Waals surface area contributed by atoms with E-state index in [1.165, 1.54) is 6.26 Å². The molecule has 0 aliphatic heterocycles. The van der Waals surface area contributed by atoms with Crippen molar-refractivity contribution in [1.29, 1.82) is 5.26 Å². The number of fused-ring (bicyclic) bond motifs is 1. The molecule has 0 fully saturated rings. The van der Waals surface area contributed by atoms with Crippen LogP contribution in [0.3, 0.4) is 0 Å². The predicted octanol–water partition coefficient (Wildman–Crippen LogP) is 4.51. The Kier molecular flexibility index (Phi) is 5.15. The van der Waals surface area contributed by atoms with Crippen LogP contribution in [0.4, 0.5) is 0 Å². The minimum atomic E-state index is -3.23. The monoisotopic (exact) mass is 415 g/mol. The molecule has 5 nitrogen and oxygen atoms in total. The van der Waals surface area contributed by atoms with Gasteiger partial charge in [0.25, 0.3) is 0 Å². The Labute approximate surface area is 176 Å². The van der Waals surface area contributed by atoms with Gasteiger partial charge in [0.1, 0.15) is 5.82 Å². The summed E-state index contributed by atoms with van der Waals surface area (Å²) in [7, 11) is -3.23. The largest absolute Gasteiger partial charge is 0.320 e. The van der Waals surface area contributed by atoms with Crippen molar-refractivity contribution in [2.75, 3.05) is 6.26 Å².